The molecule has 1 aliphatic rings. The van der Waals surface area contributed by atoms with Crippen molar-refractivity contribution in [2.24, 2.45) is 10.7 Å². The number of hydrogen-bond donors (Lipinski definition) is 2. The number of hydrogen-bond acceptors (Lipinski definition) is 5. The Balaban J connectivity index is 2.55. The SMILES string of the molecule is C=C(N)c1ncnc2c1NCCC=N2. The molecule has 0 unspecified atom stereocenters. The third kappa shape index (κ3) is 1.44. The molecule has 0 amide bonds. The molecule has 0 fully saturated rings. The summed E-state index contributed by atoms with van der Waals surface area (Å²) in [6, 6.07) is 0. The molecule has 0 bridgehead atoms. The van der Waals surface area contributed by atoms with Gasteiger partial charge in [0, 0.05) is 19.2 Å². The number of aliphatic imine (C=N–C) groups is 1. The zero-order chi connectivity index (χ0) is 9.97. The lowest BCUT2D eigenvalue weighted by molar-refractivity contribution is 1.09. The highest BCUT2D eigenvalue weighted by molar-refractivity contribution is 5.80. The summed E-state index contributed by atoms with van der Waals surface area (Å²) in [6.45, 7) is 4.47. The van der Waals surface area contributed by atoms with E-state index in [9.17, 15) is 0 Å². The second kappa shape index (κ2) is 3.45. The van der Waals surface area contributed by atoms with Crippen molar-refractivity contribution in [1.82, 2.24) is 9.97 Å². The van der Waals surface area contributed by atoms with Crippen LogP contribution >= 0.6 is 0 Å². The van der Waals surface area contributed by atoms with Crippen molar-refractivity contribution in [3.8, 4) is 0 Å². The number of nitrogens with two attached hydrogens (primary N) is 1. The summed E-state index contributed by atoms with van der Waals surface area (Å²) in [5, 5.41) is 3.18. The van der Waals surface area contributed by atoms with Crippen LogP contribution in [0, 0.1) is 0 Å². The predicted molar refractivity (Wildman–Crippen MR) is 56.5 cm³/mol. The molecule has 0 saturated carbocycles. The zero-order valence-corrected chi connectivity index (χ0v) is 7.70. The molecule has 2 rings (SSSR count). The van der Waals surface area contributed by atoms with Crippen LogP contribution in [0.3, 0.4) is 0 Å². The molecule has 14 heavy (non-hydrogen) atoms. The summed E-state index contributed by atoms with van der Waals surface area (Å²) in [6.07, 6.45) is 4.14. The van der Waals surface area contributed by atoms with Crippen LogP contribution in [0.2, 0.25) is 0 Å². The predicted octanol–water partition coefficient (Wildman–Crippen LogP) is 0.924. The largest absolute Gasteiger partial charge is 0.397 e. The van der Waals surface area contributed by atoms with Crippen LogP contribution in [0.25, 0.3) is 5.70 Å². The van der Waals surface area contributed by atoms with E-state index >= 15 is 0 Å². The maximum atomic E-state index is 5.61. The molecule has 1 aromatic rings. The fraction of sp³-hybridized carbons (Fsp3) is 0.222. The molecular weight excluding hydrogens is 178 g/mol. The minimum Gasteiger partial charge on any atom is -0.397 e. The summed E-state index contributed by atoms with van der Waals surface area (Å²) in [5.74, 6) is 0.624. The maximum Gasteiger partial charge on any atom is 0.179 e. The first-order chi connectivity index (χ1) is 6.79. The quantitative estimate of drug-likeness (QED) is 0.688. The van der Waals surface area contributed by atoms with Crippen LogP contribution in [0.15, 0.2) is 17.9 Å². The van der Waals surface area contributed by atoms with Gasteiger partial charge in [-0.1, -0.05) is 6.58 Å². The smallest absolute Gasteiger partial charge is 0.179 e. The Morgan fingerprint density at radius 2 is 2.36 bits per heavy atom. The molecule has 72 valence electrons. The molecule has 0 saturated heterocycles. The molecule has 1 aromatic heterocycles. The Kier molecular flexibility index (Phi) is 2.14. The molecular formula is C9H11N5. The molecule has 0 aromatic carbocycles. The highest BCUT2D eigenvalue weighted by atomic mass is 15.0. The fourth-order valence-electron chi connectivity index (χ4n) is 1.29. The Labute approximate surface area is 81.8 Å². The molecule has 3 N–H and O–H groups in total. The lowest BCUT2D eigenvalue weighted by atomic mass is 10.2. The van der Waals surface area contributed by atoms with Gasteiger partial charge in [-0.25, -0.2) is 15.0 Å². The maximum absolute atomic E-state index is 5.61. The summed E-state index contributed by atoms with van der Waals surface area (Å²) in [7, 11) is 0. The van der Waals surface area contributed by atoms with Gasteiger partial charge in [-0.2, -0.15) is 0 Å². The van der Waals surface area contributed by atoms with Crippen molar-refractivity contribution in [3.63, 3.8) is 0 Å². The van der Waals surface area contributed by atoms with Gasteiger partial charge in [0.05, 0.1) is 5.70 Å². The summed E-state index contributed by atoms with van der Waals surface area (Å²) < 4.78 is 0. The van der Waals surface area contributed by atoms with E-state index in [-0.39, 0.29) is 0 Å². The van der Waals surface area contributed by atoms with Gasteiger partial charge in [0.1, 0.15) is 17.7 Å². The topological polar surface area (TPSA) is 76.2 Å². The molecule has 0 aliphatic carbocycles. The Morgan fingerprint density at radius 3 is 3.14 bits per heavy atom. The van der Waals surface area contributed by atoms with Gasteiger partial charge < -0.3 is 11.1 Å². The second-order valence-corrected chi connectivity index (χ2v) is 2.97. The highest BCUT2D eigenvalue weighted by Crippen LogP contribution is 2.28. The minimum atomic E-state index is 0.424. The summed E-state index contributed by atoms with van der Waals surface area (Å²) >= 11 is 0. The standard InChI is InChI=1S/C9H11N5/c1-6(10)7-8-9(14-5-13-7)12-4-2-3-11-8/h4-5,11H,1-3,10H2. The minimum absolute atomic E-state index is 0.424. The molecule has 0 spiro atoms. The number of rotatable bonds is 1. The monoisotopic (exact) mass is 189 g/mol. The van der Waals surface area contributed by atoms with Crippen molar-refractivity contribution in [3.05, 3.63) is 18.6 Å². The van der Waals surface area contributed by atoms with E-state index < -0.39 is 0 Å². The first kappa shape index (κ1) is 8.68. The Hall–Kier alpha value is -1.91. The molecule has 2 heterocycles. The third-order valence-corrected chi connectivity index (χ3v) is 1.92. The zero-order valence-electron chi connectivity index (χ0n) is 7.70. The molecule has 0 atom stereocenters. The van der Waals surface area contributed by atoms with Crippen LogP contribution in [0.5, 0.6) is 0 Å². The second-order valence-electron chi connectivity index (χ2n) is 2.97. The lowest BCUT2D eigenvalue weighted by Gasteiger charge is -2.09. The van der Waals surface area contributed by atoms with E-state index in [1.165, 1.54) is 6.33 Å². The van der Waals surface area contributed by atoms with Crippen LogP contribution in [0.1, 0.15) is 12.1 Å². The van der Waals surface area contributed by atoms with Crippen molar-refractivity contribution < 1.29 is 0 Å². The molecule has 0 radical (unpaired) electrons. The van der Waals surface area contributed by atoms with Crippen molar-refractivity contribution in [1.29, 1.82) is 0 Å². The third-order valence-electron chi connectivity index (χ3n) is 1.92. The van der Waals surface area contributed by atoms with E-state index in [0.29, 0.717) is 17.2 Å². The molecule has 1 aliphatic heterocycles. The molecule has 5 heteroatoms. The van der Waals surface area contributed by atoms with E-state index in [1.807, 2.05) is 6.21 Å². The first-order valence-electron chi connectivity index (χ1n) is 4.35. The van der Waals surface area contributed by atoms with E-state index in [0.717, 1.165) is 18.7 Å². The Bertz CT molecular complexity index is 396. The van der Waals surface area contributed by atoms with Crippen molar-refractivity contribution >= 4 is 23.4 Å². The van der Waals surface area contributed by atoms with Crippen molar-refractivity contribution in [2.45, 2.75) is 6.42 Å². The van der Waals surface area contributed by atoms with Gasteiger partial charge in [-0.15, -0.1) is 0 Å². The number of nitrogens with zero attached hydrogens (tertiary/aromatic N) is 3. The van der Waals surface area contributed by atoms with E-state index in [1.54, 1.807) is 0 Å². The average molecular weight is 189 g/mol. The summed E-state index contributed by atoms with van der Waals surface area (Å²) in [4.78, 5) is 12.3. The van der Waals surface area contributed by atoms with Gasteiger partial charge >= 0.3 is 0 Å². The Morgan fingerprint density at radius 1 is 1.50 bits per heavy atom. The van der Waals surface area contributed by atoms with Gasteiger partial charge in [0.25, 0.3) is 0 Å². The van der Waals surface area contributed by atoms with Gasteiger partial charge in [0.15, 0.2) is 5.82 Å². The molecule has 5 nitrogen and oxygen atoms in total. The van der Waals surface area contributed by atoms with Crippen LogP contribution in [0.4, 0.5) is 11.5 Å². The van der Waals surface area contributed by atoms with Crippen LogP contribution < -0.4 is 11.1 Å². The van der Waals surface area contributed by atoms with Gasteiger partial charge in [0.2, 0.25) is 0 Å². The average Bonchev–Trinajstić information content (AvgIpc) is 2.41. The highest BCUT2D eigenvalue weighted by Gasteiger charge is 2.12. The lowest BCUT2D eigenvalue weighted by Crippen LogP contribution is -2.07. The van der Waals surface area contributed by atoms with Gasteiger partial charge in [-0.05, 0) is 0 Å². The number of nitrogens with one attached hydrogen (secondary N) is 1. The number of anilines is 1. The van der Waals surface area contributed by atoms with E-state index in [4.69, 9.17) is 5.73 Å². The van der Waals surface area contributed by atoms with E-state index in [2.05, 4.69) is 26.9 Å². The number of fused-ring (bicyclic) bond motifs is 1. The van der Waals surface area contributed by atoms with Crippen molar-refractivity contribution in [2.75, 3.05) is 11.9 Å². The normalized spacial score (nSPS) is 14.0. The van der Waals surface area contributed by atoms with Crippen LogP contribution in [-0.4, -0.2) is 22.7 Å². The summed E-state index contributed by atoms with van der Waals surface area (Å²) in [5.41, 5.74) is 7.44. The number of aromatic nitrogens is 2. The van der Waals surface area contributed by atoms with Crippen LogP contribution in [-0.2, 0) is 0 Å². The van der Waals surface area contributed by atoms with Gasteiger partial charge in [-0.3, -0.25) is 0 Å². The fourth-order valence-corrected chi connectivity index (χ4v) is 1.29. The first-order valence-corrected chi connectivity index (χ1v) is 4.35.